The average Bonchev–Trinajstić information content (AvgIpc) is 2.84. The van der Waals surface area contributed by atoms with Gasteiger partial charge in [-0.3, -0.25) is 4.79 Å². The zero-order valence-electron chi connectivity index (χ0n) is 8.38. The second-order valence-electron chi connectivity index (χ2n) is 3.62. The van der Waals surface area contributed by atoms with Crippen LogP contribution < -0.4 is 0 Å². The van der Waals surface area contributed by atoms with Gasteiger partial charge in [0.25, 0.3) is 5.91 Å². The number of H-pyrrole nitrogens is 1. The third kappa shape index (κ3) is 1.76. The number of aliphatic hydroxyl groups excluding tert-OH is 1. The van der Waals surface area contributed by atoms with Gasteiger partial charge in [-0.1, -0.05) is 0 Å². The number of carbonyl (C=O) groups excluding carboxylic acids is 1. The van der Waals surface area contributed by atoms with Gasteiger partial charge in [-0.05, 0) is 6.42 Å². The second-order valence-corrected chi connectivity index (χ2v) is 3.62. The van der Waals surface area contributed by atoms with E-state index >= 15 is 0 Å². The molecule has 86 valence electrons. The number of aliphatic hydroxyl groups is 1. The summed E-state index contributed by atoms with van der Waals surface area (Å²) in [4.78, 5) is 30.1. The van der Waals surface area contributed by atoms with Gasteiger partial charge >= 0.3 is 5.97 Å². The molecule has 0 aliphatic carbocycles. The number of hydrogen-bond donors (Lipinski definition) is 3. The van der Waals surface area contributed by atoms with Gasteiger partial charge in [0.15, 0.2) is 11.4 Å². The van der Waals surface area contributed by atoms with Gasteiger partial charge in [0.1, 0.15) is 0 Å². The molecular formula is C9H11N3O4. The van der Waals surface area contributed by atoms with Crippen molar-refractivity contribution in [3.63, 3.8) is 0 Å². The number of β-amino-alcohol motifs (C(OH)–C–C–N with tert-alkyl or cyclic N) is 1. The van der Waals surface area contributed by atoms with Crippen molar-refractivity contribution in [3.8, 4) is 0 Å². The van der Waals surface area contributed by atoms with Crippen LogP contribution in [0.15, 0.2) is 6.33 Å². The maximum Gasteiger partial charge on any atom is 0.354 e. The molecule has 2 heterocycles. The molecule has 0 bridgehead atoms. The molecule has 1 aromatic rings. The molecule has 2 rings (SSSR count). The summed E-state index contributed by atoms with van der Waals surface area (Å²) in [6, 6.07) is 0. The van der Waals surface area contributed by atoms with Crippen molar-refractivity contribution in [3.05, 3.63) is 17.7 Å². The van der Waals surface area contributed by atoms with Gasteiger partial charge in [0.05, 0.1) is 12.4 Å². The van der Waals surface area contributed by atoms with E-state index in [4.69, 9.17) is 5.11 Å². The minimum atomic E-state index is -1.22. The number of amides is 1. The minimum Gasteiger partial charge on any atom is -0.477 e. The van der Waals surface area contributed by atoms with Crippen LogP contribution >= 0.6 is 0 Å². The van der Waals surface area contributed by atoms with Crippen molar-refractivity contribution >= 4 is 11.9 Å². The Morgan fingerprint density at radius 3 is 2.88 bits per heavy atom. The van der Waals surface area contributed by atoms with Crippen LogP contribution in [0.25, 0.3) is 0 Å². The first-order valence-corrected chi connectivity index (χ1v) is 4.83. The normalized spacial score (nSPS) is 20.1. The van der Waals surface area contributed by atoms with Crippen molar-refractivity contribution in [1.82, 2.24) is 14.9 Å². The predicted molar refractivity (Wildman–Crippen MR) is 52.1 cm³/mol. The Hall–Kier alpha value is -1.89. The number of likely N-dealkylation sites (tertiary alicyclic amines) is 1. The summed E-state index contributed by atoms with van der Waals surface area (Å²) in [5.74, 6) is -1.68. The van der Waals surface area contributed by atoms with Crippen molar-refractivity contribution in [2.24, 2.45) is 0 Å². The smallest absolute Gasteiger partial charge is 0.354 e. The zero-order chi connectivity index (χ0) is 11.7. The highest BCUT2D eigenvalue weighted by Crippen LogP contribution is 2.14. The molecule has 0 saturated carbocycles. The molecular weight excluding hydrogens is 214 g/mol. The van der Waals surface area contributed by atoms with E-state index in [1.807, 2.05) is 0 Å². The van der Waals surface area contributed by atoms with E-state index in [0.717, 1.165) is 0 Å². The third-order valence-electron chi connectivity index (χ3n) is 2.51. The van der Waals surface area contributed by atoms with Crippen LogP contribution in [0, 0.1) is 0 Å². The fourth-order valence-electron chi connectivity index (χ4n) is 1.70. The highest BCUT2D eigenvalue weighted by atomic mass is 16.4. The van der Waals surface area contributed by atoms with E-state index in [1.54, 1.807) is 0 Å². The maximum atomic E-state index is 11.8. The molecule has 0 aromatic carbocycles. The number of rotatable bonds is 2. The molecule has 7 nitrogen and oxygen atoms in total. The molecule has 1 atom stereocenters. The number of carboxylic acid groups (broad SMARTS) is 1. The van der Waals surface area contributed by atoms with Gasteiger partial charge in [0.2, 0.25) is 0 Å². The van der Waals surface area contributed by atoms with Gasteiger partial charge in [-0.15, -0.1) is 0 Å². The molecule has 1 aliphatic rings. The first-order chi connectivity index (χ1) is 7.59. The van der Waals surface area contributed by atoms with Crippen LogP contribution in [0.5, 0.6) is 0 Å². The summed E-state index contributed by atoms with van der Waals surface area (Å²) in [5.41, 5.74) is -0.326. The topological polar surface area (TPSA) is 107 Å². The van der Waals surface area contributed by atoms with Crippen LogP contribution in [-0.2, 0) is 0 Å². The number of carboxylic acids is 1. The fourth-order valence-corrected chi connectivity index (χ4v) is 1.70. The standard InChI is InChI=1S/C9H11N3O4/c13-5-1-2-12(3-5)8(14)6-7(9(15)16)11-4-10-6/h4-5,13H,1-3H2,(H,10,11)(H,15,16). The van der Waals surface area contributed by atoms with Gasteiger partial charge in [-0.2, -0.15) is 0 Å². The number of hydrogen-bond acceptors (Lipinski definition) is 4. The summed E-state index contributed by atoms with van der Waals surface area (Å²) in [5, 5.41) is 18.1. The molecule has 3 N–H and O–H groups in total. The number of imidazole rings is 1. The highest BCUT2D eigenvalue weighted by Gasteiger charge is 2.29. The molecule has 1 fully saturated rings. The average molecular weight is 225 g/mol. The summed E-state index contributed by atoms with van der Waals surface area (Å²) >= 11 is 0. The van der Waals surface area contributed by atoms with Gasteiger partial charge < -0.3 is 20.1 Å². The van der Waals surface area contributed by atoms with E-state index in [-0.39, 0.29) is 17.9 Å². The fraction of sp³-hybridized carbons (Fsp3) is 0.444. The molecule has 7 heteroatoms. The molecule has 1 aliphatic heterocycles. The van der Waals surface area contributed by atoms with Crippen LogP contribution in [0.1, 0.15) is 27.4 Å². The number of aromatic nitrogens is 2. The largest absolute Gasteiger partial charge is 0.477 e. The Morgan fingerprint density at radius 1 is 1.56 bits per heavy atom. The van der Waals surface area contributed by atoms with Crippen molar-refractivity contribution in [2.75, 3.05) is 13.1 Å². The molecule has 1 aromatic heterocycles. The van der Waals surface area contributed by atoms with Crippen molar-refractivity contribution in [2.45, 2.75) is 12.5 Å². The number of nitrogens with zero attached hydrogens (tertiary/aromatic N) is 2. The minimum absolute atomic E-state index is 0.110. The predicted octanol–water partition coefficient (Wildman–Crippen LogP) is -0.685. The molecule has 1 unspecified atom stereocenters. The summed E-state index contributed by atoms with van der Waals surface area (Å²) in [6.07, 6.45) is 1.15. The maximum absolute atomic E-state index is 11.8. The quantitative estimate of drug-likeness (QED) is 0.618. The Morgan fingerprint density at radius 2 is 2.31 bits per heavy atom. The Balaban J connectivity index is 2.21. The van der Waals surface area contributed by atoms with Gasteiger partial charge in [-0.25, -0.2) is 9.78 Å². The molecule has 0 radical (unpaired) electrons. The molecule has 16 heavy (non-hydrogen) atoms. The van der Waals surface area contributed by atoms with E-state index in [1.165, 1.54) is 11.2 Å². The lowest BCUT2D eigenvalue weighted by Crippen LogP contribution is -2.31. The number of aromatic carboxylic acids is 1. The SMILES string of the molecule is O=C(O)c1[nH]cnc1C(=O)N1CCC(O)C1. The summed E-state index contributed by atoms with van der Waals surface area (Å²) in [6.45, 7) is 0.649. The van der Waals surface area contributed by atoms with Crippen LogP contribution in [0.3, 0.4) is 0 Å². The number of nitrogens with one attached hydrogen (secondary N) is 1. The van der Waals surface area contributed by atoms with Crippen molar-refractivity contribution in [1.29, 1.82) is 0 Å². The summed E-state index contributed by atoms with van der Waals surface area (Å²) < 4.78 is 0. The second kappa shape index (κ2) is 3.93. The van der Waals surface area contributed by atoms with E-state index in [2.05, 4.69) is 9.97 Å². The lowest BCUT2D eigenvalue weighted by atomic mass is 10.3. The highest BCUT2D eigenvalue weighted by molar-refractivity contribution is 6.02. The van der Waals surface area contributed by atoms with Crippen molar-refractivity contribution < 1.29 is 19.8 Å². The Bertz CT molecular complexity index is 428. The van der Waals surface area contributed by atoms with E-state index < -0.39 is 18.0 Å². The lowest BCUT2D eigenvalue weighted by Gasteiger charge is -2.13. The third-order valence-corrected chi connectivity index (χ3v) is 2.51. The first kappa shape index (κ1) is 10.6. The van der Waals surface area contributed by atoms with Crippen LogP contribution in [-0.4, -0.2) is 56.2 Å². The van der Waals surface area contributed by atoms with Gasteiger partial charge in [0, 0.05) is 13.1 Å². The first-order valence-electron chi connectivity index (χ1n) is 4.83. The van der Waals surface area contributed by atoms with Crippen LogP contribution in [0.2, 0.25) is 0 Å². The molecule has 1 amide bonds. The zero-order valence-corrected chi connectivity index (χ0v) is 8.38. The molecule has 1 saturated heterocycles. The van der Waals surface area contributed by atoms with E-state index in [0.29, 0.717) is 13.0 Å². The lowest BCUT2D eigenvalue weighted by molar-refractivity contribution is 0.0671. The van der Waals surface area contributed by atoms with E-state index in [9.17, 15) is 14.7 Å². The van der Waals surface area contributed by atoms with Crippen LogP contribution in [0.4, 0.5) is 0 Å². The Kier molecular flexibility index (Phi) is 2.61. The summed E-state index contributed by atoms with van der Waals surface area (Å²) in [7, 11) is 0. The Labute approximate surface area is 90.7 Å². The number of aromatic amines is 1. The molecule has 0 spiro atoms. The monoisotopic (exact) mass is 225 g/mol. The number of carbonyl (C=O) groups is 2.